The molecule has 0 aliphatic carbocycles. The minimum absolute atomic E-state index is 0.182. The van der Waals surface area contributed by atoms with Gasteiger partial charge in [-0.25, -0.2) is 9.78 Å². The maximum atomic E-state index is 12.2. The van der Waals surface area contributed by atoms with Crippen molar-refractivity contribution in [3.8, 4) is 0 Å². The summed E-state index contributed by atoms with van der Waals surface area (Å²) in [6.07, 6.45) is 0. The molecule has 0 amide bonds. The van der Waals surface area contributed by atoms with E-state index in [-0.39, 0.29) is 34.7 Å². The van der Waals surface area contributed by atoms with E-state index < -0.39 is 11.4 Å². The van der Waals surface area contributed by atoms with Crippen LogP contribution in [0.25, 0.3) is 21.9 Å². The number of carbonyl (C=O) groups is 1. The van der Waals surface area contributed by atoms with Crippen LogP contribution in [0.1, 0.15) is 16.4 Å². The van der Waals surface area contributed by atoms with Gasteiger partial charge in [-0.3, -0.25) is 9.59 Å². The summed E-state index contributed by atoms with van der Waals surface area (Å²) in [5.41, 5.74) is -0.0406. The number of ether oxygens (including phenoxy) is 1. The van der Waals surface area contributed by atoms with Gasteiger partial charge in [0, 0.05) is 11.1 Å². The highest BCUT2D eigenvalue weighted by Crippen LogP contribution is 2.18. The summed E-state index contributed by atoms with van der Waals surface area (Å²) in [7, 11) is 0. The molecule has 0 radical (unpaired) electrons. The molecule has 134 valence electrons. The van der Waals surface area contributed by atoms with Crippen molar-refractivity contribution in [2.45, 2.75) is 6.61 Å². The van der Waals surface area contributed by atoms with Gasteiger partial charge < -0.3 is 14.1 Å². The summed E-state index contributed by atoms with van der Waals surface area (Å²) in [5.74, 6) is -0.917. The van der Waals surface area contributed by atoms with Crippen molar-refractivity contribution in [1.82, 2.24) is 9.97 Å². The fourth-order valence-corrected chi connectivity index (χ4v) is 2.81. The standard InChI is InChI=1S/C19H11ClN2O5/c20-10-5-6-15-12(7-10)14(23)8-16(27-15)19(25)26-9-17-21-13-4-2-1-3-11(13)18(24)22-17/h1-8H,9H2,(H,21,22,24). The molecule has 8 heteroatoms. The first kappa shape index (κ1) is 17.0. The molecule has 2 heterocycles. The summed E-state index contributed by atoms with van der Waals surface area (Å²) in [5, 5.41) is 1.09. The minimum Gasteiger partial charge on any atom is -0.452 e. The molecule has 0 saturated heterocycles. The second kappa shape index (κ2) is 6.69. The van der Waals surface area contributed by atoms with Gasteiger partial charge in [-0.2, -0.15) is 0 Å². The van der Waals surface area contributed by atoms with Crippen molar-refractivity contribution >= 4 is 39.4 Å². The van der Waals surface area contributed by atoms with Crippen molar-refractivity contribution in [3.63, 3.8) is 0 Å². The van der Waals surface area contributed by atoms with Crippen LogP contribution in [0.15, 0.2) is 62.5 Å². The van der Waals surface area contributed by atoms with Gasteiger partial charge in [0.15, 0.2) is 5.43 Å². The van der Waals surface area contributed by atoms with Gasteiger partial charge in [-0.1, -0.05) is 23.7 Å². The van der Waals surface area contributed by atoms with Crippen LogP contribution in [0.5, 0.6) is 0 Å². The molecule has 0 unspecified atom stereocenters. The lowest BCUT2D eigenvalue weighted by Gasteiger charge is -2.06. The Morgan fingerprint density at radius 3 is 2.78 bits per heavy atom. The Morgan fingerprint density at radius 1 is 1.11 bits per heavy atom. The molecule has 0 aliphatic rings. The number of esters is 1. The highest BCUT2D eigenvalue weighted by molar-refractivity contribution is 6.31. The first-order valence-electron chi connectivity index (χ1n) is 7.90. The Labute approximate surface area is 156 Å². The Bertz CT molecular complexity index is 1310. The largest absolute Gasteiger partial charge is 0.452 e. The zero-order chi connectivity index (χ0) is 19.0. The molecule has 0 fully saturated rings. The van der Waals surface area contributed by atoms with Crippen molar-refractivity contribution in [3.05, 3.63) is 85.7 Å². The maximum absolute atomic E-state index is 12.2. The minimum atomic E-state index is -0.847. The summed E-state index contributed by atoms with van der Waals surface area (Å²) in [4.78, 5) is 43.2. The molecule has 0 aliphatic heterocycles. The predicted molar refractivity (Wildman–Crippen MR) is 99.0 cm³/mol. The Balaban J connectivity index is 1.60. The summed E-state index contributed by atoms with van der Waals surface area (Å²) < 4.78 is 10.5. The number of nitrogens with zero attached hydrogens (tertiary/aromatic N) is 1. The number of para-hydroxylation sites is 1. The molecule has 7 nitrogen and oxygen atoms in total. The third-order valence-corrected chi connectivity index (χ3v) is 4.13. The molecular weight excluding hydrogens is 372 g/mol. The lowest BCUT2D eigenvalue weighted by atomic mass is 10.2. The van der Waals surface area contributed by atoms with E-state index in [4.69, 9.17) is 20.8 Å². The van der Waals surface area contributed by atoms with Crippen LogP contribution in [-0.4, -0.2) is 15.9 Å². The van der Waals surface area contributed by atoms with E-state index in [1.807, 2.05) is 0 Å². The summed E-state index contributed by atoms with van der Waals surface area (Å²) in [6, 6.07) is 12.4. The van der Waals surface area contributed by atoms with Gasteiger partial charge in [0.1, 0.15) is 18.0 Å². The van der Waals surface area contributed by atoms with E-state index in [1.165, 1.54) is 12.1 Å². The molecule has 2 aromatic carbocycles. The van der Waals surface area contributed by atoms with E-state index in [0.717, 1.165) is 6.07 Å². The highest BCUT2D eigenvalue weighted by atomic mass is 35.5. The van der Waals surface area contributed by atoms with Crippen LogP contribution in [0.4, 0.5) is 0 Å². The quantitative estimate of drug-likeness (QED) is 0.546. The number of halogens is 1. The topological polar surface area (TPSA) is 102 Å². The molecule has 0 spiro atoms. The van der Waals surface area contributed by atoms with Crippen LogP contribution in [-0.2, 0) is 11.3 Å². The average Bonchev–Trinajstić information content (AvgIpc) is 2.66. The number of benzene rings is 2. The molecule has 4 aromatic rings. The monoisotopic (exact) mass is 382 g/mol. The van der Waals surface area contributed by atoms with E-state index >= 15 is 0 Å². The third kappa shape index (κ3) is 3.32. The number of rotatable bonds is 3. The van der Waals surface area contributed by atoms with Gasteiger partial charge >= 0.3 is 5.97 Å². The number of H-pyrrole nitrogens is 1. The number of carbonyl (C=O) groups excluding carboxylic acids is 1. The molecule has 2 aromatic heterocycles. The molecule has 0 bridgehead atoms. The Morgan fingerprint density at radius 2 is 1.93 bits per heavy atom. The first-order valence-corrected chi connectivity index (χ1v) is 8.27. The van der Waals surface area contributed by atoms with Gasteiger partial charge in [0.2, 0.25) is 5.76 Å². The van der Waals surface area contributed by atoms with Crippen molar-refractivity contribution in [2.24, 2.45) is 0 Å². The molecule has 4 rings (SSSR count). The van der Waals surface area contributed by atoms with Crippen LogP contribution < -0.4 is 11.0 Å². The predicted octanol–water partition coefficient (Wildman–Crippen LogP) is 3.04. The molecular formula is C19H11ClN2O5. The lowest BCUT2D eigenvalue weighted by molar-refractivity contribution is 0.0426. The fourth-order valence-electron chi connectivity index (χ4n) is 2.64. The van der Waals surface area contributed by atoms with Crippen molar-refractivity contribution < 1.29 is 13.9 Å². The molecule has 27 heavy (non-hydrogen) atoms. The SMILES string of the molecule is O=C(OCc1nc2ccccc2c(=O)[nH]1)c1cc(=O)c2cc(Cl)ccc2o1. The Hall–Kier alpha value is -3.45. The van der Waals surface area contributed by atoms with Gasteiger partial charge in [-0.15, -0.1) is 0 Å². The highest BCUT2D eigenvalue weighted by Gasteiger charge is 2.15. The fraction of sp³-hybridized carbons (Fsp3) is 0.0526. The van der Waals surface area contributed by atoms with Gasteiger partial charge in [0.05, 0.1) is 16.3 Å². The van der Waals surface area contributed by atoms with Crippen molar-refractivity contribution in [2.75, 3.05) is 0 Å². The zero-order valence-electron chi connectivity index (χ0n) is 13.7. The lowest BCUT2D eigenvalue weighted by Crippen LogP contribution is -2.15. The summed E-state index contributed by atoms with van der Waals surface area (Å²) >= 11 is 5.86. The first-order chi connectivity index (χ1) is 13.0. The van der Waals surface area contributed by atoms with Crippen molar-refractivity contribution in [1.29, 1.82) is 0 Å². The number of aromatic amines is 1. The number of hydrogen-bond acceptors (Lipinski definition) is 6. The number of aromatic nitrogens is 2. The molecule has 1 N–H and O–H groups in total. The van der Waals surface area contributed by atoms with Crippen LogP contribution in [0.3, 0.4) is 0 Å². The van der Waals surface area contributed by atoms with Crippen LogP contribution in [0.2, 0.25) is 5.02 Å². The number of nitrogens with one attached hydrogen (secondary N) is 1. The summed E-state index contributed by atoms with van der Waals surface area (Å²) in [6.45, 7) is -0.277. The second-order valence-electron chi connectivity index (χ2n) is 5.72. The smallest absolute Gasteiger partial charge is 0.374 e. The van der Waals surface area contributed by atoms with E-state index in [1.54, 1.807) is 30.3 Å². The zero-order valence-corrected chi connectivity index (χ0v) is 14.4. The third-order valence-electron chi connectivity index (χ3n) is 3.89. The normalized spacial score (nSPS) is 11.0. The average molecular weight is 383 g/mol. The van der Waals surface area contributed by atoms with Crippen LogP contribution in [0, 0.1) is 0 Å². The van der Waals surface area contributed by atoms with Gasteiger partial charge in [-0.05, 0) is 30.3 Å². The van der Waals surface area contributed by atoms with E-state index in [0.29, 0.717) is 15.9 Å². The number of fused-ring (bicyclic) bond motifs is 2. The molecule has 0 atom stereocenters. The number of hydrogen-bond donors (Lipinski definition) is 1. The Kier molecular flexibility index (Phi) is 4.21. The maximum Gasteiger partial charge on any atom is 0.374 e. The molecule has 0 saturated carbocycles. The second-order valence-corrected chi connectivity index (χ2v) is 6.16. The van der Waals surface area contributed by atoms with E-state index in [2.05, 4.69) is 9.97 Å². The van der Waals surface area contributed by atoms with Crippen LogP contribution >= 0.6 is 11.6 Å². The van der Waals surface area contributed by atoms with E-state index in [9.17, 15) is 14.4 Å². The van der Waals surface area contributed by atoms with Gasteiger partial charge in [0.25, 0.3) is 5.56 Å².